The molecule has 20 heavy (non-hydrogen) atoms. The average molecular weight is 300 g/mol. The summed E-state index contributed by atoms with van der Waals surface area (Å²) in [5.41, 5.74) is -0.600. The molecule has 0 amide bonds. The van der Waals surface area contributed by atoms with E-state index >= 15 is 0 Å². The Kier molecular flexibility index (Phi) is 3.96. The van der Waals surface area contributed by atoms with Gasteiger partial charge in [-0.3, -0.25) is 10.1 Å². The number of nitro benzene ring substituents is 1. The lowest BCUT2D eigenvalue weighted by Crippen LogP contribution is -2.28. The van der Waals surface area contributed by atoms with Crippen molar-refractivity contribution in [2.75, 3.05) is 13.1 Å². The lowest BCUT2D eigenvalue weighted by molar-refractivity contribution is -0.386. The van der Waals surface area contributed by atoms with Crippen molar-refractivity contribution in [2.45, 2.75) is 24.7 Å². The van der Waals surface area contributed by atoms with E-state index in [-0.39, 0.29) is 4.90 Å². The van der Waals surface area contributed by atoms with Crippen LogP contribution < -0.4 is 0 Å². The van der Waals surface area contributed by atoms with Crippen LogP contribution in [0.1, 0.15) is 19.8 Å². The summed E-state index contributed by atoms with van der Waals surface area (Å²) in [5.74, 6) is -0.210. The number of aromatic hydroxyl groups is 1. The topological polar surface area (TPSA) is 101 Å². The first-order valence-electron chi connectivity index (χ1n) is 6.33. The highest BCUT2D eigenvalue weighted by Gasteiger charge is 2.33. The molecule has 0 aliphatic carbocycles. The molecule has 1 saturated heterocycles. The monoisotopic (exact) mass is 300 g/mol. The molecule has 1 N–H and O–H groups in total. The minimum Gasteiger partial charge on any atom is -0.502 e. The van der Waals surface area contributed by atoms with Gasteiger partial charge < -0.3 is 5.11 Å². The van der Waals surface area contributed by atoms with E-state index in [0.717, 1.165) is 25.0 Å². The molecule has 1 aliphatic rings. The fourth-order valence-corrected chi connectivity index (χ4v) is 3.86. The molecule has 1 fully saturated rings. The van der Waals surface area contributed by atoms with Gasteiger partial charge in [-0.25, -0.2) is 8.42 Å². The predicted octanol–water partition coefficient (Wildman–Crippen LogP) is 1.72. The summed E-state index contributed by atoms with van der Waals surface area (Å²) in [6.45, 7) is 2.87. The summed E-state index contributed by atoms with van der Waals surface area (Å²) in [6.07, 6.45) is 1.71. The Morgan fingerprint density at radius 1 is 1.50 bits per heavy atom. The molecule has 1 heterocycles. The van der Waals surface area contributed by atoms with Gasteiger partial charge in [-0.05, 0) is 24.5 Å². The first kappa shape index (κ1) is 14.7. The third-order valence-electron chi connectivity index (χ3n) is 3.61. The highest BCUT2D eigenvalue weighted by atomic mass is 32.2. The first-order valence-corrected chi connectivity index (χ1v) is 7.77. The highest BCUT2D eigenvalue weighted by Crippen LogP contribution is 2.31. The highest BCUT2D eigenvalue weighted by molar-refractivity contribution is 7.89. The number of sulfonamides is 1. The van der Waals surface area contributed by atoms with E-state index in [9.17, 15) is 23.6 Å². The Morgan fingerprint density at radius 2 is 2.20 bits per heavy atom. The maximum atomic E-state index is 12.4. The summed E-state index contributed by atoms with van der Waals surface area (Å²) in [6, 6.07) is 3.14. The van der Waals surface area contributed by atoms with Gasteiger partial charge in [0, 0.05) is 19.2 Å². The number of phenolic OH excluding ortho intramolecular Hbond substituents is 1. The van der Waals surface area contributed by atoms with Crippen molar-refractivity contribution in [3.05, 3.63) is 28.3 Å². The van der Waals surface area contributed by atoms with Gasteiger partial charge in [0.25, 0.3) is 0 Å². The molecule has 0 spiro atoms. The molecule has 110 valence electrons. The van der Waals surface area contributed by atoms with Gasteiger partial charge in [0.2, 0.25) is 10.0 Å². The number of phenols is 1. The molecule has 1 atom stereocenters. The van der Waals surface area contributed by atoms with Crippen LogP contribution >= 0.6 is 0 Å². The Morgan fingerprint density at radius 3 is 2.75 bits per heavy atom. The molecule has 7 nitrogen and oxygen atoms in total. The van der Waals surface area contributed by atoms with Gasteiger partial charge in [-0.15, -0.1) is 0 Å². The molecular weight excluding hydrogens is 284 g/mol. The van der Waals surface area contributed by atoms with Crippen molar-refractivity contribution in [3.8, 4) is 5.75 Å². The van der Waals surface area contributed by atoms with Crippen LogP contribution in [0.5, 0.6) is 5.75 Å². The van der Waals surface area contributed by atoms with E-state index in [4.69, 9.17) is 0 Å². The third kappa shape index (κ3) is 2.61. The zero-order chi connectivity index (χ0) is 14.9. The van der Waals surface area contributed by atoms with Crippen LogP contribution in [0.25, 0.3) is 0 Å². The smallest absolute Gasteiger partial charge is 0.312 e. The number of benzene rings is 1. The zero-order valence-corrected chi connectivity index (χ0v) is 11.8. The number of hydrogen-bond acceptors (Lipinski definition) is 5. The van der Waals surface area contributed by atoms with E-state index in [0.29, 0.717) is 19.0 Å². The molecule has 0 radical (unpaired) electrons. The van der Waals surface area contributed by atoms with E-state index in [1.807, 2.05) is 6.92 Å². The van der Waals surface area contributed by atoms with Crippen molar-refractivity contribution in [3.63, 3.8) is 0 Å². The second-order valence-electron chi connectivity index (χ2n) is 4.83. The van der Waals surface area contributed by atoms with Gasteiger partial charge in [0.15, 0.2) is 5.75 Å². The largest absolute Gasteiger partial charge is 0.502 e. The minimum atomic E-state index is -3.74. The molecular formula is C12H16N2O5S. The molecule has 8 heteroatoms. The van der Waals surface area contributed by atoms with Crippen molar-refractivity contribution in [1.82, 2.24) is 4.31 Å². The van der Waals surface area contributed by atoms with E-state index in [1.54, 1.807) is 0 Å². The maximum absolute atomic E-state index is 12.4. The van der Waals surface area contributed by atoms with Gasteiger partial charge in [-0.2, -0.15) is 4.31 Å². The molecule has 1 aliphatic heterocycles. The maximum Gasteiger partial charge on any atom is 0.312 e. The molecule has 1 aromatic rings. The van der Waals surface area contributed by atoms with Crippen LogP contribution in [-0.4, -0.2) is 35.8 Å². The zero-order valence-electron chi connectivity index (χ0n) is 11.0. The predicted molar refractivity (Wildman–Crippen MR) is 71.9 cm³/mol. The van der Waals surface area contributed by atoms with Crippen LogP contribution in [-0.2, 0) is 10.0 Å². The van der Waals surface area contributed by atoms with Gasteiger partial charge >= 0.3 is 5.69 Å². The van der Waals surface area contributed by atoms with Crippen LogP contribution in [0, 0.1) is 16.0 Å². The Bertz CT molecular complexity index is 629. The summed E-state index contributed by atoms with van der Waals surface area (Å²) in [7, 11) is -3.74. The number of rotatable bonds is 4. The van der Waals surface area contributed by atoms with Gasteiger partial charge in [0.1, 0.15) is 0 Å². The van der Waals surface area contributed by atoms with Crippen LogP contribution in [0.4, 0.5) is 5.69 Å². The van der Waals surface area contributed by atoms with E-state index in [1.165, 1.54) is 10.4 Å². The van der Waals surface area contributed by atoms with Crippen LogP contribution in [0.15, 0.2) is 23.1 Å². The molecule has 0 bridgehead atoms. The van der Waals surface area contributed by atoms with Crippen LogP contribution in [0.2, 0.25) is 0 Å². The molecule has 2 rings (SSSR count). The second kappa shape index (κ2) is 5.37. The quantitative estimate of drug-likeness (QED) is 0.674. The Labute approximate surface area is 117 Å². The lowest BCUT2D eigenvalue weighted by Gasteiger charge is -2.16. The van der Waals surface area contributed by atoms with E-state index < -0.39 is 26.4 Å². The van der Waals surface area contributed by atoms with Gasteiger partial charge in [-0.1, -0.05) is 13.3 Å². The normalized spacial score (nSPS) is 20.1. The summed E-state index contributed by atoms with van der Waals surface area (Å²) >= 11 is 0. The molecule has 1 unspecified atom stereocenters. The number of hydrogen-bond donors (Lipinski definition) is 1. The number of nitro groups is 1. The summed E-state index contributed by atoms with van der Waals surface area (Å²) in [4.78, 5) is 9.81. The molecule has 1 aromatic carbocycles. The summed E-state index contributed by atoms with van der Waals surface area (Å²) in [5, 5.41) is 20.1. The first-order chi connectivity index (χ1) is 9.36. The molecule has 0 aromatic heterocycles. The molecule has 0 saturated carbocycles. The standard InChI is InChI=1S/C12H16N2O5S/c1-2-9-5-6-13(8-9)20(18,19)10-3-4-12(15)11(7-10)14(16)17/h3-4,7,9,15H,2,5-6,8H2,1H3. The van der Waals surface area contributed by atoms with Crippen molar-refractivity contribution in [2.24, 2.45) is 5.92 Å². The van der Waals surface area contributed by atoms with Crippen molar-refractivity contribution < 1.29 is 18.4 Å². The lowest BCUT2D eigenvalue weighted by atomic mass is 10.1. The van der Waals surface area contributed by atoms with Gasteiger partial charge in [0.05, 0.1) is 9.82 Å². The Balaban J connectivity index is 2.35. The second-order valence-corrected chi connectivity index (χ2v) is 6.77. The fourth-order valence-electron chi connectivity index (χ4n) is 2.31. The van der Waals surface area contributed by atoms with Crippen LogP contribution in [0.3, 0.4) is 0 Å². The van der Waals surface area contributed by atoms with E-state index in [2.05, 4.69) is 0 Å². The fraction of sp³-hybridized carbons (Fsp3) is 0.500. The van der Waals surface area contributed by atoms with Crippen molar-refractivity contribution in [1.29, 1.82) is 0 Å². The SMILES string of the molecule is CCC1CCN(S(=O)(=O)c2ccc(O)c([N+](=O)[O-])c2)C1. The average Bonchev–Trinajstić information content (AvgIpc) is 2.88. The summed E-state index contributed by atoms with van der Waals surface area (Å²) < 4.78 is 26.2. The minimum absolute atomic E-state index is 0.154. The Hall–Kier alpha value is -1.67. The van der Waals surface area contributed by atoms with Crippen molar-refractivity contribution >= 4 is 15.7 Å². The third-order valence-corrected chi connectivity index (χ3v) is 5.47. The number of nitrogens with zero attached hydrogens (tertiary/aromatic N) is 2.